The van der Waals surface area contributed by atoms with Gasteiger partial charge in [-0.05, 0) is 6.92 Å². The summed E-state index contributed by atoms with van der Waals surface area (Å²) < 4.78 is 0. The summed E-state index contributed by atoms with van der Waals surface area (Å²) in [5.74, 6) is -0.963. The minimum Gasteiger partial charge on any atom is -1.00 e. The third-order valence-corrected chi connectivity index (χ3v) is 0.470. The van der Waals surface area contributed by atoms with Crippen molar-refractivity contribution in [2.75, 3.05) is 0 Å². The van der Waals surface area contributed by atoms with E-state index in [-0.39, 0.29) is 48.8 Å². The molecule has 11 heavy (non-hydrogen) atoms. The van der Waals surface area contributed by atoms with Crippen molar-refractivity contribution in [2.45, 2.75) is 19.4 Å². The summed E-state index contributed by atoms with van der Waals surface area (Å²) in [5.41, 5.74) is 0. The third kappa shape index (κ3) is 39.6. The number of hydrogen-bond acceptors (Lipinski definition) is 2. The summed E-state index contributed by atoms with van der Waals surface area (Å²) >= 11 is 0. The second-order valence-corrected chi connectivity index (χ2v) is 1.45. The van der Waals surface area contributed by atoms with Gasteiger partial charge in [-0.2, -0.15) is 0 Å². The molecule has 1 atom stereocenters. The van der Waals surface area contributed by atoms with E-state index < -0.39 is 12.1 Å². The average Bonchev–Trinajstić information content (AvgIpc) is 1.27. The Morgan fingerprint density at radius 1 is 1.45 bits per heavy atom. The van der Waals surface area contributed by atoms with Gasteiger partial charge in [-0.25, -0.2) is 0 Å². The van der Waals surface area contributed by atoms with Gasteiger partial charge in [-0.1, -0.05) is 0 Å². The number of carbonyl (C=O) groups is 1. The van der Waals surface area contributed by atoms with E-state index in [1.165, 1.54) is 6.92 Å². The Labute approximate surface area is 83.3 Å². The van der Waals surface area contributed by atoms with Crippen molar-refractivity contribution < 1.29 is 34.3 Å². The van der Waals surface area contributed by atoms with E-state index in [1.54, 1.807) is 0 Å². The standard InChI is InChI=1S/C4H8O3.Mg.3H2O.2H/c1-3(5)2-4(6)7;;;;;;/h3,5H,2H2,1H3,(H,6,7);;3*1H2;;/q;+2;;;;2*-1. The number of carboxylic acids is 1. The van der Waals surface area contributed by atoms with Crippen molar-refractivity contribution in [3.63, 3.8) is 0 Å². The van der Waals surface area contributed by atoms with Crippen LogP contribution in [0.3, 0.4) is 0 Å². The second-order valence-electron chi connectivity index (χ2n) is 1.45. The molecule has 1 unspecified atom stereocenters. The smallest absolute Gasteiger partial charge is 1.00 e. The number of rotatable bonds is 2. The molecule has 0 amide bonds. The van der Waals surface area contributed by atoms with Crippen LogP contribution in [0.15, 0.2) is 0 Å². The molecular formula is C4H16MgO6. The Hall–Kier alpha value is 0.0762. The van der Waals surface area contributed by atoms with Crippen LogP contribution in [0.4, 0.5) is 0 Å². The van der Waals surface area contributed by atoms with E-state index in [4.69, 9.17) is 10.2 Å². The quantitative estimate of drug-likeness (QED) is 0.446. The molecule has 0 saturated heterocycles. The van der Waals surface area contributed by atoms with Crippen LogP contribution in [-0.2, 0) is 4.79 Å². The van der Waals surface area contributed by atoms with Gasteiger partial charge >= 0.3 is 29.0 Å². The third-order valence-electron chi connectivity index (χ3n) is 0.470. The predicted octanol–water partition coefficient (Wildman–Crippen LogP) is -2.79. The molecule has 0 bridgehead atoms. The molecule has 0 radical (unpaired) electrons. The van der Waals surface area contributed by atoms with Crippen LogP contribution in [0.25, 0.3) is 0 Å². The van der Waals surface area contributed by atoms with Crippen LogP contribution >= 0.6 is 0 Å². The molecule has 7 heteroatoms. The minimum atomic E-state index is -0.963. The normalized spacial score (nSPS) is 8.55. The summed E-state index contributed by atoms with van der Waals surface area (Å²) in [6, 6.07) is 0. The first-order chi connectivity index (χ1) is 3.13. The number of carboxylic acid groups (broad SMARTS) is 1. The topological polar surface area (TPSA) is 152 Å². The first-order valence-corrected chi connectivity index (χ1v) is 2.03. The van der Waals surface area contributed by atoms with Crippen molar-refractivity contribution in [1.82, 2.24) is 0 Å². The van der Waals surface area contributed by atoms with E-state index >= 15 is 0 Å². The molecule has 0 aromatic rings. The summed E-state index contributed by atoms with van der Waals surface area (Å²) in [6.07, 6.45) is -0.891. The van der Waals surface area contributed by atoms with E-state index in [1.807, 2.05) is 0 Å². The van der Waals surface area contributed by atoms with Crippen LogP contribution in [0.2, 0.25) is 0 Å². The SMILES string of the molecule is CC(O)CC(=O)O.O.O.O.[H-].[H-].[Mg+2]. The summed E-state index contributed by atoms with van der Waals surface area (Å²) in [5, 5.41) is 16.3. The second kappa shape index (κ2) is 16.6. The maximum absolute atomic E-state index is 9.65. The van der Waals surface area contributed by atoms with Gasteiger partial charge in [0.25, 0.3) is 0 Å². The van der Waals surface area contributed by atoms with E-state index in [9.17, 15) is 4.79 Å². The van der Waals surface area contributed by atoms with Crippen molar-refractivity contribution in [2.24, 2.45) is 0 Å². The fraction of sp³-hybridized carbons (Fsp3) is 0.750. The zero-order valence-corrected chi connectivity index (χ0v) is 7.71. The van der Waals surface area contributed by atoms with Crippen LogP contribution in [0.1, 0.15) is 16.2 Å². The Morgan fingerprint density at radius 3 is 1.73 bits per heavy atom. The Kier molecular flexibility index (Phi) is 45.9. The Bertz CT molecular complexity index is 83.0. The van der Waals surface area contributed by atoms with Crippen LogP contribution in [0, 0.1) is 0 Å². The predicted molar refractivity (Wildman–Crippen MR) is 42.8 cm³/mol. The van der Waals surface area contributed by atoms with E-state index in [0.29, 0.717) is 0 Å². The molecule has 0 aromatic carbocycles. The molecule has 0 saturated carbocycles. The summed E-state index contributed by atoms with van der Waals surface area (Å²) in [4.78, 5) is 9.65. The van der Waals surface area contributed by atoms with E-state index in [0.717, 1.165) is 0 Å². The number of aliphatic hydroxyl groups excluding tert-OH is 1. The maximum atomic E-state index is 9.65. The zero-order chi connectivity index (χ0) is 5.86. The fourth-order valence-corrected chi connectivity index (χ4v) is 0.253. The first kappa shape index (κ1) is 30.5. The maximum Gasteiger partial charge on any atom is 2.00 e. The molecule has 0 aromatic heterocycles. The van der Waals surface area contributed by atoms with E-state index in [2.05, 4.69) is 0 Å². The van der Waals surface area contributed by atoms with Crippen LogP contribution in [-0.4, -0.2) is 61.8 Å². The molecular weight excluding hydrogens is 168 g/mol. The van der Waals surface area contributed by atoms with Gasteiger partial charge in [-0.3, -0.25) is 4.79 Å². The van der Waals surface area contributed by atoms with Crippen molar-refractivity contribution in [3.05, 3.63) is 0 Å². The van der Waals surface area contributed by atoms with Gasteiger partial charge in [0, 0.05) is 0 Å². The number of hydrogen-bond donors (Lipinski definition) is 2. The molecule has 70 valence electrons. The molecule has 0 spiro atoms. The average molecular weight is 184 g/mol. The van der Waals surface area contributed by atoms with Gasteiger partial charge in [0.2, 0.25) is 0 Å². The summed E-state index contributed by atoms with van der Waals surface area (Å²) in [6.45, 7) is 1.44. The number of aliphatic hydroxyl groups is 1. The summed E-state index contributed by atoms with van der Waals surface area (Å²) in [7, 11) is 0. The van der Waals surface area contributed by atoms with Gasteiger partial charge in [0.15, 0.2) is 0 Å². The van der Waals surface area contributed by atoms with Gasteiger partial charge in [0.1, 0.15) is 0 Å². The monoisotopic (exact) mass is 184 g/mol. The van der Waals surface area contributed by atoms with Crippen LogP contribution < -0.4 is 0 Å². The fourth-order valence-electron chi connectivity index (χ4n) is 0.253. The molecule has 0 fully saturated rings. The Morgan fingerprint density at radius 2 is 1.73 bits per heavy atom. The van der Waals surface area contributed by atoms with Crippen LogP contribution in [0.5, 0.6) is 0 Å². The van der Waals surface area contributed by atoms with Gasteiger partial charge < -0.3 is 29.5 Å². The van der Waals surface area contributed by atoms with Gasteiger partial charge in [0.05, 0.1) is 12.5 Å². The molecule has 0 rings (SSSR count). The molecule has 8 N–H and O–H groups in total. The van der Waals surface area contributed by atoms with Crippen molar-refractivity contribution in [3.8, 4) is 0 Å². The molecule has 0 heterocycles. The molecule has 0 aliphatic rings. The first-order valence-electron chi connectivity index (χ1n) is 2.03. The number of aliphatic carboxylic acids is 1. The molecule has 0 aliphatic heterocycles. The molecule has 6 nitrogen and oxygen atoms in total. The van der Waals surface area contributed by atoms with Gasteiger partial charge in [-0.15, -0.1) is 0 Å². The minimum absolute atomic E-state index is 0. The van der Waals surface area contributed by atoms with Crippen molar-refractivity contribution >= 4 is 29.0 Å². The largest absolute Gasteiger partial charge is 2.00 e. The zero-order valence-electron chi connectivity index (χ0n) is 8.29. The Balaban J connectivity index is -0.0000000120. The van der Waals surface area contributed by atoms with Crippen molar-refractivity contribution in [1.29, 1.82) is 0 Å². The molecule has 0 aliphatic carbocycles.